The van der Waals surface area contributed by atoms with Gasteiger partial charge in [0.05, 0.1) is 7.11 Å². The number of esters is 1. The molecule has 0 bridgehead atoms. The number of nitrogens with zero attached hydrogens (tertiary/aromatic N) is 2. The summed E-state index contributed by atoms with van der Waals surface area (Å²) < 4.78 is 10.3. The summed E-state index contributed by atoms with van der Waals surface area (Å²) in [5.41, 5.74) is 1.80. The second-order valence-electron chi connectivity index (χ2n) is 6.53. The maximum atomic E-state index is 12.3. The maximum absolute atomic E-state index is 12.3. The fourth-order valence-corrected chi connectivity index (χ4v) is 3.31. The van der Waals surface area contributed by atoms with Crippen molar-refractivity contribution in [1.82, 2.24) is 4.90 Å². The molecule has 1 aliphatic heterocycles. The quantitative estimate of drug-likeness (QED) is 0.536. The minimum atomic E-state index is -0.568. The Hall–Kier alpha value is -2.99. The first-order valence-corrected chi connectivity index (χ1v) is 9.71. The highest BCUT2D eigenvalue weighted by Gasteiger charge is 2.22. The van der Waals surface area contributed by atoms with Crippen molar-refractivity contribution >= 4 is 35.2 Å². The number of halogens is 1. The molecule has 0 atom stereocenters. The normalized spacial score (nSPS) is 14.1. The van der Waals surface area contributed by atoms with Gasteiger partial charge in [-0.15, -0.1) is 0 Å². The Labute approximate surface area is 175 Å². The molecule has 2 aromatic carbocycles. The van der Waals surface area contributed by atoms with Gasteiger partial charge >= 0.3 is 5.97 Å². The molecule has 0 radical (unpaired) electrons. The predicted molar refractivity (Wildman–Crippen MR) is 113 cm³/mol. The third-order valence-corrected chi connectivity index (χ3v) is 4.92. The Balaban J connectivity index is 1.45. The molecule has 1 fully saturated rings. The van der Waals surface area contributed by atoms with Gasteiger partial charge in [-0.1, -0.05) is 35.9 Å². The van der Waals surface area contributed by atoms with Gasteiger partial charge in [0, 0.05) is 48.5 Å². The first-order chi connectivity index (χ1) is 14.1. The monoisotopic (exact) mass is 414 g/mol. The molecule has 0 N–H and O–H groups in total. The molecule has 1 aliphatic rings. The van der Waals surface area contributed by atoms with E-state index in [-0.39, 0.29) is 12.5 Å². The number of carbonyl (C=O) groups is 2. The number of piperazine rings is 1. The average molecular weight is 415 g/mol. The van der Waals surface area contributed by atoms with E-state index in [1.807, 2.05) is 42.5 Å². The summed E-state index contributed by atoms with van der Waals surface area (Å²) in [5.74, 6) is -0.109. The standard InChI is InChI=1S/C22H23ClN2O4/c1-28-20-8-3-2-5-17(20)9-10-22(27)29-16-21(26)25-13-11-24(12-14-25)19-7-4-6-18(23)15-19/h2-10,15H,11-14,16H2,1H3/b10-9+. The van der Waals surface area contributed by atoms with Crippen LogP contribution >= 0.6 is 11.6 Å². The Kier molecular flexibility index (Phi) is 7.14. The van der Waals surface area contributed by atoms with Gasteiger partial charge in [0.1, 0.15) is 5.75 Å². The second kappa shape index (κ2) is 9.98. The van der Waals surface area contributed by atoms with Crippen molar-refractivity contribution in [3.05, 3.63) is 65.2 Å². The summed E-state index contributed by atoms with van der Waals surface area (Å²) in [6, 6.07) is 15.0. The summed E-state index contributed by atoms with van der Waals surface area (Å²) in [5, 5.41) is 0.689. The smallest absolute Gasteiger partial charge is 0.331 e. The van der Waals surface area contributed by atoms with Gasteiger partial charge in [0.2, 0.25) is 0 Å². The van der Waals surface area contributed by atoms with E-state index in [1.54, 1.807) is 24.2 Å². The van der Waals surface area contributed by atoms with Crippen LogP contribution < -0.4 is 9.64 Å². The van der Waals surface area contributed by atoms with E-state index < -0.39 is 5.97 Å². The topological polar surface area (TPSA) is 59.1 Å². The average Bonchev–Trinajstić information content (AvgIpc) is 2.76. The van der Waals surface area contributed by atoms with Crippen LogP contribution in [0.1, 0.15) is 5.56 Å². The van der Waals surface area contributed by atoms with E-state index >= 15 is 0 Å². The molecular formula is C22H23ClN2O4. The number of amides is 1. The first kappa shape index (κ1) is 20.7. The van der Waals surface area contributed by atoms with Crippen molar-refractivity contribution in [2.24, 2.45) is 0 Å². The van der Waals surface area contributed by atoms with Gasteiger partial charge in [0.15, 0.2) is 6.61 Å². The SMILES string of the molecule is COc1ccccc1/C=C/C(=O)OCC(=O)N1CCN(c2cccc(Cl)c2)CC1. The molecule has 0 unspecified atom stereocenters. The van der Waals surface area contributed by atoms with Crippen LogP contribution in [-0.2, 0) is 14.3 Å². The Bertz CT molecular complexity index is 892. The summed E-state index contributed by atoms with van der Waals surface area (Å²) in [6.07, 6.45) is 2.90. The number of benzene rings is 2. The van der Waals surface area contributed by atoms with Gasteiger partial charge in [-0.3, -0.25) is 4.79 Å². The van der Waals surface area contributed by atoms with Crippen molar-refractivity contribution in [2.45, 2.75) is 0 Å². The van der Waals surface area contributed by atoms with E-state index in [4.69, 9.17) is 21.1 Å². The lowest BCUT2D eigenvalue weighted by Gasteiger charge is -2.36. The van der Waals surface area contributed by atoms with E-state index in [0.717, 1.165) is 11.3 Å². The third kappa shape index (κ3) is 5.74. The van der Waals surface area contributed by atoms with Gasteiger partial charge in [-0.2, -0.15) is 0 Å². The summed E-state index contributed by atoms with van der Waals surface area (Å²) >= 11 is 6.04. The van der Waals surface area contributed by atoms with Crippen LogP contribution in [0.4, 0.5) is 5.69 Å². The zero-order valence-corrected chi connectivity index (χ0v) is 17.0. The fraction of sp³-hybridized carbons (Fsp3) is 0.273. The largest absolute Gasteiger partial charge is 0.496 e. The molecule has 2 aromatic rings. The van der Waals surface area contributed by atoms with Crippen molar-refractivity contribution < 1.29 is 19.1 Å². The summed E-state index contributed by atoms with van der Waals surface area (Å²) in [6.45, 7) is 2.27. The number of hydrogen-bond donors (Lipinski definition) is 0. The molecule has 6 nitrogen and oxygen atoms in total. The van der Waals surface area contributed by atoms with Crippen molar-refractivity contribution in [2.75, 3.05) is 44.8 Å². The lowest BCUT2D eigenvalue weighted by molar-refractivity contribution is -0.148. The summed E-state index contributed by atoms with van der Waals surface area (Å²) in [4.78, 5) is 28.2. The summed E-state index contributed by atoms with van der Waals surface area (Å²) in [7, 11) is 1.57. The Morgan fingerprint density at radius 2 is 1.83 bits per heavy atom. The molecule has 3 rings (SSSR count). The number of carbonyl (C=O) groups excluding carboxylic acids is 2. The fourth-order valence-electron chi connectivity index (χ4n) is 3.12. The number of para-hydroxylation sites is 1. The molecule has 29 heavy (non-hydrogen) atoms. The van der Waals surface area contributed by atoms with Crippen LogP contribution in [0.2, 0.25) is 5.02 Å². The van der Waals surface area contributed by atoms with Crippen LogP contribution in [-0.4, -0.2) is 56.7 Å². The molecule has 0 aliphatic carbocycles. The van der Waals surface area contributed by atoms with Crippen LogP contribution in [0, 0.1) is 0 Å². The lowest BCUT2D eigenvalue weighted by atomic mass is 10.2. The zero-order valence-electron chi connectivity index (χ0n) is 16.2. The third-order valence-electron chi connectivity index (χ3n) is 4.68. The minimum Gasteiger partial charge on any atom is -0.496 e. The molecule has 1 saturated heterocycles. The highest BCUT2D eigenvalue weighted by molar-refractivity contribution is 6.30. The van der Waals surface area contributed by atoms with E-state index in [9.17, 15) is 9.59 Å². The minimum absolute atomic E-state index is 0.199. The molecule has 0 aromatic heterocycles. The zero-order chi connectivity index (χ0) is 20.6. The molecule has 7 heteroatoms. The van der Waals surface area contributed by atoms with Crippen molar-refractivity contribution in [3.63, 3.8) is 0 Å². The number of methoxy groups -OCH3 is 1. The molecule has 0 saturated carbocycles. The Morgan fingerprint density at radius 1 is 1.07 bits per heavy atom. The maximum Gasteiger partial charge on any atom is 0.331 e. The van der Waals surface area contributed by atoms with E-state index in [1.165, 1.54) is 6.08 Å². The highest BCUT2D eigenvalue weighted by atomic mass is 35.5. The number of ether oxygens (including phenoxy) is 2. The van der Waals surface area contributed by atoms with Gasteiger partial charge in [-0.05, 0) is 30.3 Å². The molecular weight excluding hydrogens is 392 g/mol. The van der Waals surface area contributed by atoms with Crippen LogP contribution in [0.5, 0.6) is 5.75 Å². The molecule has 152 valence electrons. The van der Waals surface area contributed by atoms with Crippen LogP contribution in [0.15, 0.2) is 54.6 Å². The van der Waals surface area contributed by atoms with Crippen LogP contribution in [0.25, 0.3) is 6.08 Å². The Morgan fingerprint density at radius 3 is 2.55 bits per heavy atom. The molecule has 0 spiro atoms. The number of rotatable bonds is 6. The van der Waals surface area contributed by atoms with Crippen molar-refractivity contribution in [1.29, 1.82) is 0 Å². The van der Waals surface area contributed by atoms with Gasteiger partial charge in [0.25, 0.3) is 5.91 Å². The molecule has 1 amide bonds. The number of hydrogen-bond acceptors (Lipinski definition) is 5. The van der Waals surface area contributed by atoms with E-state index in [2.05, 4.69) is 4.90 Å². The predicted octanol–water partition coefficient (Wildman–Crippen LogP) is 3.25. The van der Waals surface area contributed by atoms with Gasteiger partial charge < -0.3 is 19.3 Å². The molecule has 1 heterocycles. The van der Waals surface area contributed by atoms with Gasteiger partial charge in [-0.25, -0.2) is 4.79 Å². The first-order valence-electron chi connectivity index (χ1n) is 9.33. The van der Waals surface area contributed by atoms with Crippen molar-refractivity contribution in [3.8, 4) is 5.75 Å². The number of anilines is 1. The second-order valence-corrected chi connectivity index (χ2v) is 6.97. The lowest BCUT2D eigenvalue weighted by Crippen LogP contribution is -2.49. The highest BCUT2D eigenvalue weighted by Crippen LogP contribution is 2.21. The van der Waals surface area contributed by atoms with Crippen LogP contribution in [0.3, 0.4) is 0 Å². The van der Waals surface area contributed by atoms with E-state index in [0.29, 0.717) is 37.0 Å².